The first-order chi connectivity index (χ1) is 30.0. The van der Waals surface area contributed by atoms with Gasteiger partial charge in [-0.3, -0.25) is 14.4 Å². The molecule has 61 heavy (non-hydrogen) atoms. The fourth-order valence-electron chi connectivity index (χ4n) is 7.43. The van der Waals surface area contributed by atoms with Gasteiger partial charge in [0, 0.05) is 19.3 Å². The molecule has 0 bridgehead atoms. The maximum atomic E-state index is 12.7. The van der Waals surface area contributed by atoms with Crippen molar-refractivity contribution in [1.29, 1.82) is 0 Å². The topological polar surface area (TPSA) is 78.9 Å². The Bertz CT molecular complexity index is 1070. The van der Waals surface area contributed by atoms with Crippen LogP contribution in [0.15, 0.2) is 48.6 Å². The molecule has 0 aliphatic heterocycles. The molecule has 0 rings (SSSR count). The third-order valence-electron chi connectivity index (χ3n) is 11.3. The standard InChI is InChI=1S/C55H98O6/c1-4-7-10-13-16-19-22-23-24-25-26-27-28-29-30-31-34-36-39-42-45-48-54(57)60-51-52(61-55(58)49-46-43-40-37-33-21-18-15-12-9-6-3)50-59-53(56)47-44-41-38-35-32-20-17-14-11-8-5-2/h7,10,16,19,23-24,26-27,52H,4-6,8-9,11-15,17-18,20-22,25,28-51H2,1-3H3/b10-7-,19-16-,24-23-,27-26-. The summed E-state index contributed by atoms with van der Waals surface area (Å²) in [6, 6.07) is 0. The predicted molar refractivity (Wildman–Crippen MR) is 261 cm³/mol. The number of carbonyl (C=O) groups is 3. The van der Waals surface area contributed by atoms with E-state index in [2.05, 4.69) is 69.4 Å². The third kappa shape index (κ3) is 48.3. The molecule has 0 aromatic rings. The van der Waals surface area contributed by atoms with Crippen molar-refractivity contribution in [1.82, 2.24) is 0 Å². The Balaban J connectivity index is 4.28. The number of hydrogen-bond acceptors (Lipinski definition) is 6. The van der Waals surface area contributed by atoms with Gasteiger partial charge in [0.15, 0.2) is 6.10 Å². The number of allylic oxidation sites excluding steroid dienone is 8. The number of unbranched alkanes of at least 4 members (excludes halogenated alkanes) is 28. The molecule has 0 aliphatic carbocycles. The number of rotatable bonds is 47. The van der Waals surface area contributed by atoms with E-state index in [1.54, 1.807) is 0 Å². The van der Waals surface area contributed by atoms with Crippen LogP contribution < -0.4 is 0 Å². The molecule has 354 valence electrons. The first-order valence-electron chi connectivity index (χ1n) is 26.1. The monoisotopic (exact) mass is 855 g/mol. The van der Waals surface area contributed by atoms with Crippen molar-refractivity contribution in [2.24, 2.45) is 0 Å². The Labute approximate surface area is 378 Å². The van der Waals surface area contributed by atoms with E-state index in [1.807, 2.05) is 0 Å². The second-order valence-electron chi connectivity index (χ2n) is 17.4. The van der Waals surface area contributed by atoms with Gasteiger partial charge in [0.2, 0.25) is 0 Å². The maximum absolute atomic E-state index is 12.7. The van der Waals surface area contributed by atoms with Crippen molar-refractivity contribution in [2.75, 3.05) is 13.2 Å². The highest BCUT2D eigenvalue weighted by Gasteiger charge is 2.19. The van der Waals surface area contributed by atoms with Crippen LogP contribution in [-0.4, -0.2) is 37.2 Å². The summed E-state index contributed by atoms with van der Waals surface area (Å²) >= 11 is 0. The lowest BCUT2D eigenvalue weighted by atomic mass is 10.1. The van der Waals surface area contributed by atoms with Gasteiger partial charge in [0.25, 0.3) is 0 Å². The minimum absolute atomic E-state index is 0.0718. The van der Waals surface area contributed by atoms with Gasteiger partial charge in [-0.25, -0.2) is 0 Å². The second-order valence-corrected chi connectivity index (χ2v) is 17.4. The van der Waals surface area contributed by atoms with E-state index >= 15 is 0 Å². The molecular formula is C55H98O6. The molecule has 0 fully saturated rings. The van der Waals surface area contributed by atoms with Gasteiger partial charge in [-0.1, -0.05) is 236 Å². The largest absolute Gasteiger partial charge is 0.462 e. The summed E-state index contributed by atoms with van der Waals surface area (Å²) in [5, 5.41) is 0. The molecule has 6 nitrogen and oxygen atoms in total. The lowest BCUT2D eigenvalue weighted by Gasteiger charge is -2.18. The summed E-state index contributed by atoms with van der Waals surface area (Å²) in [7, 11) is 0. The molecule has 0 spiro atoms. The van der Waals surface area contributed by atoms with Crippen LogP contribution in [0.2, 0.25) is 0 Å². The summed E-state index contributed by atoms with van der Waals surface area (Å²) in [6.45, 7) is 6.52. The first kappa shape index (κ1) is 58.4. The molecule has 0 aromatic heterocycles. The van der Waals surface area contributed by atoms with Crippen molar-refractivity contribution in [2.45, 2.75) is 271 Å². The molecule has 0 amide bonds. The molecule has 0 radical (unpaired) electrons. The molecule has 6 heteroatoms. The van der Waals surface area contributed by atoms with Gasteiger partial charge in [-0.05, 0) is 57.8 Å². The molecule has 0 heterocycles. The van der Waals surface area contributed by atoms with Crippen molar-refractivity contribution in [3.8, 4) is 0 Å². The summed E-state index contributed by atoms with van der Waals surface area (Å²) in [5.74, 6) is -0.873. The molecule has 1 unspecified atom stereocenters. The van der Waals surface area contributed by atoms with Crippen LogP contribution in [0, 0.1) is 0 Å². The van der Waals surface area contributed by atoms with E-state index in [4.69, 9.17) is 14.2 Å². The molecule has 0 saturated heterocycles. The van der Waals surface area contributed by atoms with Crippen LogP contribution in [0.3, 0.4) is 0 Å². The van der Waals surface area contributed by atoms with Crippen molar-refractivity contribution < 1.29 is 28.6 Å². The highest BCUT2D eigenvalue weighted by molar-refractivity contribution is 5.71. The highest BCUT2D eigenvalue weighted by atomic mass is 16.6. The minimum atomic E-state index is -0.770. The van der Waals surface area contributed by atoms with E-state index in [1.165, 1.54) is 135 Å². The molecule has 0 aliphatic rings. The van der Waals surface area contributed by atoms with E-state index in [9.17, 15) is 14.4 Å². The Morgan fingerprint density at radius 3 is 1.00 bits per heavy atom. The predicted octanol–water partition coefficient (Wildman–Crippen LogP) is 17.1. The van der Waals surface area contributed by atoms with E-state index < -0.39 is 6.10 Å². The average molecular weight is 855 g/mol. The van der Waals surface area contributed by atoms with E-state index in [0.717, 1.165) is 89.9 Å². The van der Waals surface area contributed by atoms with Crippen molar-refractivity contribution in [3.05, 3.63) is 48.6 Å². The fourth-order valence-corrected chi connectivity index (χ4v) is 7.43. The normalized spacial score (nSPS) is 12.4. The van der Waals surface area contributed by atoms with Gasteiger partial charge in [0.1, 0.15) is 13.2 Å². The zero-order valence-corrected chi connectivity index (χ0v) is 40.4. The molecular weight excluding hydrogens is 757 g/mol. The zero-order chi connectivity index (χ0) is 44.4. The Kier molecular flexibility index (Phi) is 47.9. The lowest BCUT2D eigenvalue weighted by molar-refractivity contribution is -0.167. The van der Waals surface area contributed by atoms with Gasteiger partial charge < -0.3 is 14.2 Å². The summed E-state index contributed by atoms with van der Waals surface area (Å²) in [4.78, 5) is 37.9. The van der Waals surface area contributed by atoms with Gasteiger partial charge in [0.05, 0.1) is 0 Å². The minimum Gasteiger partial charge on any atom is -0.462 e. The van der Waals surface area contributed by atoms with Crippen LogP contribution in [-0.2, 0) is 28.6 Å². The van der Waals surface area contributed by atoms with Crippen LogP contribution >= 0.6 is 0 Å². The number of hydrogen-bond donors (Lipinski definition) is 0. The average Bonchev–Trinajstić information content (AvgIpc) is 3.26. The van der Waals surface area contributed by atoms with Gasteiger partial charge in [-0.2, -0.15) is 0 Å². The van der Waals surface area contributed by atoms with Crippen LogP contribution in [0.1, 0.15) is 265 Å². The van der Waals surface area contributed by atoms with Gasteiger partial charge in [-0.15, -0.1) is 0 Å². The van der Waals surface area contributed by atoms with Crippen molar-refractivity contribution >= 4 is 17.9 Å². The summed E-state index contributed by atoms with van der Waals surface area (Å²) in [6.07, 6.45) is 59.5. The molecule has 1 atom stereocenters. The third-order valence-corrected chi connectivity index (χ3v) is 11.3. The zero-order valence-electron chi connectivity index (χ0n) is 40.4. The quantitative estimate of drug-likeness (QED) is 0.0263. The van der Waals surface area contributed by atoms with E-state index in [0.29, 0.717) is 19.3 Å². The highest BCUT2D eigenvalue weighted by Crippen LogP contribution is 2.15. The second kappa shape index (κ2) is 50.0. The SMILES string of the molecule is CC/C=C\C/C=C\C/C=C\C/C=C\CCCCCCCCCCC(=O)OCC(COC(=O)CCCCCCCCCCCCC)OC(=O)CCCCCCCCCCCCC. The van der Waals surface area contributed by atoms with Crippen LogP contribution in [0.4, 0.5) is 0 Å². The Morgan fingerprint density at radius 1 is 0.344 bits per heavy atom. The van der Waals surface area contributed by atoms with Gasteiger partial charge >= 0.3 is 17.9 Å². The van der Waals surface area contributed by atoms with Crippen LogP contribution in [0.25, 0.3) is 0 Å². The molecule has 0 saturated carbocycles. The first-order valence-corrected chi connectivity index (χ1v) is 26.1. The number of esters is 3. The summed E-state index contributed by atoms with van der Waals surface area (Å²) in [5.41, 5.74) is 0. The van der Waals surface area contributed by atoms with Crippen molar-refractivity contribution in [3.63, 3.8) is 0 Å². The Hall–Kier alpha value is -2.63. The number of carbonyl (C=O) groups excluding carboxylic acids is 3. The Morgan fingerprint density at radius 2 is 0.639 bits per heavy atom. The maximum Gasteiger partial charge on any atom is 0.306 e. The lowest BCUT2D eigenvalue weighted by Crippen LogP contribution is -2.30. The molecule has 0 aromatic carbocycles. The van der Waals surface area contributed by atoms with Crippen LogP contribution in [0.5, 0.6) is 0 Å². The fraction of sp³-hybridized carbons (Fsp3) is 0.800. The smallest absolute Gasteiger partial charge is 0.306 e. The summed E-state index contributed by atoms with van der Waals surface area (Å²) < 4.78 is 16.8. The van der Waals surface area contributed by atoms with E-state index in [-0.39, 0.29) is 31.1 Å². The number of ether oxygens (including phenoxy) is 3. The molecule has 0 N–H and O–H groups in total.